The number of hydrogen-bond acceptors (Lipinski definition) is 2. The molecule has 0 bridgehead atoms. The van der Waals surface area contributed by atoms with Crippen molar-refractivity contribution in [1.29, 1.82) is 0 Å². The molecule has 1 aliphatic rings. The molecule has 0 N–H and O–H groups in total. The third-order valence-electron chi connectivity index (χ3n) is 2.22. The fraction of sp³-hybridized carbons (Fsp3) is 0.250. The average molecular weight is 380 g/mol. The van der Waals surface area contributed by atoms with Crippen LogP contribution in [0.15, 0.2) is 28.5 Å². The Balaban J connectivity index is 2.36. The quantitative estimate of drug-likeness (QED) is 0.386. The van der Waals surface area contributed by atoms with Crippen LogP contribution < -0.4 is 0 Å². The molecule has 0 spiro atoms. The number of hydrogen-bond donors (Lipinski definition) is 0. The lowest BCUT2D eigenvalue weighted by molar-refractivity contribution is 1.46. The molecule has 0 amide bonds. The highest BCUT2D eigenvalue weighted by atomic mass is 127. The lowest BCUT2D eigenvalue weighted by Gasteiger charge is -2.04. The summed E-state index contributed by atoms with van der Waals surface area (Å²) in [6.07, 6.45) is 0. The zero-order valence-electron chi connectivity index (χ0n) is 9.20. The van der Waals surface area contributed by atoms with Crippen molar-refractivity contribution in [2.75, 3.05) is 5.75 Å². The minimum absolute atomic E-state index is 0.326. The second kappa shape index (κ2) is 5.98. The molecule has 0 aliphatic carbocycles. The van der Waals surface area contributed by atoms with Gasteiger partial charge in [0.15, 0.2) is 0 Å². The van der Waals surface area contributed by atoms with Crippen LogP contribution in [0.4, 0.5) is 0 Å². The van der Waals surface area contributed by atoms with Gasteiger partial charge in [-0.05, 0) is 34.4 Å². The maximum atomic E-state index is 2.52. The summed E-state index contributed by atoms with van der Waals surface area (Å²) in [6.45, 7) is 4.68. The van der Waals surface area contributed by atoms with Gasteiger partial charge in [-0.3, -0.25) is 0 Å². The Hall–Kier alpha value is 0.610. The molecule has 1 aliphatic heterocycles. The smallest absolute Gasteiger partial charge is 0.0597 e. The molecule has 0 fully saturated rings. The van der Waals surface area contributed by atoms with E-state index in [9.17, 15) is 0 Å². The summed E-state index contributed by atoms with van der Waals surface area (Å²) in [5.41, 5.74) is 4.13. The Bertz CT molecular complexity index is 446. The Morgan fingerprint density at radius 2 is 2.00 bits per heavy atom. The van der Waals surface area contributed by atoms with Crippen molar-refractivity contribution in [2.45, 2.75) is 13.8 Å². The van der Waals surface area contributed by atoms with Crippen LogP contribution in [0.3, 0.4) is 0 Å². The summed E-state index contributed by atoms with van der Waals surface area (Å²) in [6, 6.07) is 8.85. The maximum absolute atomic E-state index is 2.52. The van der Waals surface area contributed by atoms with Crippen molar-refractivity contribution in [3.05, 3.63) is 39.6 Å². The van der Waals surface area contributed by atoms with Gasteiger partial charge in [0, 0.05) is 26.8 Å². The van der Waals surface area contributed by atoms with E-state index in [1.54, 1.807) is 0 Å². The second-order valence-corrected chi connectivity index (χ2v) is 12.5. The van der Waals surface area contributed by atoms with Crippen molar-refractivity contribution in [2.24, 2.45) is 0 Å². The van der Waals surface area contributed by atoms with E-state index in [1.807, 2.05) is 22.6 Å². The van der Waals surface area contributed by atoms with Gasteiger partial charge >= 0.3 is 0 Å². The molecule has 4 heteroatoms. The number of rotatable bonds is 3. The zero-order valence-corrected chi connectivity index (χ0v) is 13.8. The first-order valence-electron chi connectivity index (χ1n) is 5.07. The van der Waals surface area contributed by atoms with Crippen molar-refractivity contribution in [1.82, 2.24) is 0 Å². The van der Waals surface area contributed by atoms with Crippen molar-refractivity contribution in [3.8, 4) is 0 Å². The molecule has 86 valence electrons. The number of benzene rings is 1. The molecule has 1 heterocycles. The SMILES string of the molecule is CCSC1=C(c2ccc(C)cc2)C=S(I)S1. The Morgan fingerprint density at radius 3 is 2.62 bits per heavy atom. The van der Waals surface area contributed by atoms with E-state index in [0.29, 0.717) is 6.69 Å². The summed E-state index contributed by atoms with van der Waals surface area (Å²) >= 11 is 4.48. The molecule has 1 aromatic rings. The van der Waals surface area contributed by atoms with Crippen LogP contribution in [0.2, 0.25) is 0 Å². The molecule has 1 aromatic carbocycles. The van der Waals surface area contributed by atoms with E-state index >= 15 is 0 Å². The number of allylic oxidation sites excluding steroid dienone is 1. The number of halogens is 1. The molecule has 0 saturated heterocycles. The van der Waals surface area contributed by atoms with Crippen LogP contribution >= 0.6 is 50.4 Å². The van der Waals surface area contributed by atoms with Crippen LogP contribution in [0, 0.1) is 6.92 Å². The first-order chi connectivity index (χ1) is 7.70. The third kappa shape index (κ3) is 3.09. The van der Waals surface area contributed by atoms with E-state index < -0.39 is 0 Å². The largest absolute Gasteiger partial charge is 0.118 e. The van der Waals surface area contributed by atoms with Crippen LogP contribution in [0.1, 0.15) is 18.1 Å². The van der Waals surface area contributed by atoms with Crippen molar-refractivity contribution in [3.63, 3.8) is 0 Å². The minimum Gasteiger partial charge on any atom is -0.118 e. The first kappa shape index (κ1) is 13.1. The highest BCUT2D eigenvalue weighted by Crippen LogP contribution is 2.55. The topological polar surface area (TPSA) is 0 Å². The molecule has 0 radical (unpaired) electrons. The molecule has 1 unspecified atom stereocenters. The fourth-order valence-corrected chi connectivity index (χ4v) is 9.33. The van der Waals surface area contributed by atoms with Gasteiger partial charge in [0.1, 0.15) is 0 Å². The summed E-state index contributed by atoms with van der Waals surface area (Å²) < 4.78 is 1.49. The van der Waals surface area contributed by atoms with Gasteiger partial charge in [0.2, 0.25) is 0 Å². The normalized spacial score (nSPS) is 20.1. The molecule has 0 nitrogen and oxygen atoms in total. The predicted octanol–water partition coefficient (Wildman–Crippen LogP) is 5.50. The van der Waals surface area contributed by atoms with Gasteiger partial charge < -0.3 is 0 Å². The van der Waals surface area contributed by atoms with Crippen molar-refractivity contribution < 1.29 is 0 Å². The summed E-state index contributed by atoms with van der Waals surface area (Å²) in [7, 11) is 2.00. The predicted molar refractivity (Wildman–Crippen MR) is 91.5 cm³/mol. The standard InChI is InChI=1S/C12H13IS3/c1-3-14-12-11(8-16(13)15-12)10-6-4-9(2)5-7-10/h4-8H,3H2,1-2H3. The molecule has 1 atom stereocenters. The van der Waals surface area contributed by atoms with E-state index in [4.69, 9.17) is 0 Å². The lowest BCUT2D eigenvalue weighted by atomic mass is 10.1. The van der Waals surface area contributed by atoms with E-state index in [1.165, 1.54) is 20.9 Å². The molecule has 16 heavy (non-hydrogen) atoms. The van der Waals surface area contributed by atoms with Gasteiger partial charge in [-0.25, -0.2) is 0 Å². The summed E-state index contributed by atoms with van der Waals surface area (Å²) in [5, 5.41) is 2.40. The van der Waals surface area contributed by atoms with Gasteiger partial charge in [-0.1, -0.05) is 43.4 Å². The van der Waals surface area contributed by atoms with Crippen LogP contribution in [-0.2, 0) is 0 Å². The second-order valence-electron chi connectivity index (χ2n) is 3.45. The third-order valence-corrected chi connectivity index (χ3v) is 8.51. The average Bonchev–Trinajstić information content (AvgIpc) is 2.61. The molecule has 2 rings (SSSR count). The Labute approximate surface area is 120 Å². The zero-order chi connectivity index (χ0) is 11.5. The van der Waals surface area contributed by atoms with Gasteiger partial charge in [0.25, 0.3) is 0 Å². The Morgan fingerprint density at radius 1 is 1.31 bits per heavy atom. The highest BCUT2D eigenvalue weighted by molar-refractivity contribution is 14.2. The van der Waals surface area contributed by atoms with Crippen LogP contribution in [-0.4, -0.2) is 11.1 Å². The van der Waals surface area contributed by atoms with E-state index in [2.05, 4.69) is 64.7 Å². The molecular weight excluding hydrogens is 367 g/mol. The van der Waals surface area contributed by atoms with Gasteiger partial charge in [0.05, 0.1) is 4.24 Å². The molecule has 0 aromatic heterocycles. The van der Waals surface area contributed by atoms with Crippen LogP contribution in [0.25, 0.3) is 5.57 Å². The first-order valence-corrected chi connectivity index (χ1v) is 11.2. The molecular formula is C12H13IS3. The maximum Gasteiger partial charge on any atom is 0.0597 e. The van der Waals surface area contributed by atoms with Crippen molar-refractivity contribution >= 4 is 61.4 Å². The monoisotopic (exact) mass is 380 g/mol. The van der Waals surface area contributed by atoms with Gasteiger partial charge in [-0.15, -0.1) is 11.8 Å². The summed E-state index contributed by atoms with van der Waals surface area (Å²) in [5.74, 6) is 1.15. The Kier molecular flexibility index (Phi) is 4.88. The number of aryl methyl sites for hydroxylation is 1. The summed E-state index contributed by atoms with van der Waals surface area (Å²) in [4.78, 5) is 0. The lowest BCUT2D eigenvalue weighted by Crippen LogP contribution is -1.85. The van der Waals surface area contributed by atoms with E-state index in [0.717, 1.165) is 5.75 Å². The highest BCUT2D eigenvalue weighted by Gasteiger charge is 2.16. The number of thioether (sulfide) groups is 1. The fourth-order valence-electron chi connectivity index (χ4n) is 1.43. The van der Waals surface area contributed by atoms with Gasteiger partial charge in [-0.2, -0.15) is 0 Å². The van der Waals surface area contributed by atoms with E-state index in [-0.39, 0.29) is 0 Å². The molecule has 0 saturated carbocycles. The van der Waals surface area contributed by atoms with Crippen LogP contribution in [0.5, 0.6) is 0 Å². The minimum atomic E-state index is 0.326.